The van der Waals surface area contributed by atoms with Gasteiger partial charge < -0.3 is 5.32 Å². The number of hydrazone groups is 1. The Labute approximate surface area is 158 Å². The highest BCUT2D eigenvalue weighted by atomic mass is 35.5. The first-order chi connectivity index (χ1) is 12.3. The lowest BCUT2D eigenvalue weighted by Gasteiger charge is -2.18. The summed E-state index contributed by atoms with van der Waals surface area (Å²) in [5.41, 5.74) is 5.18. The standard InChI is InChI=1S/C20H22ClN3O2/c1-20(2,3)16-8-4-15(5-9-16)13-23-24-19(26)18(25)22-12-14-6-10-17(21)11-7-14/h4-11,13H,12H2,1-3H3,(H,22,25)(H,24,26)/b23-13-. The lowest BCUT2D eigenvalue weighted by atomic mass is 9.87. The average Bonchev–Trinajstić information content (AvgIpc) is 2.60. The van der Waals surface area contributed by atoms with Crippen LogP contribution < -0.4 is 10.7 Å². The SMILES string of the molecule is CC(C)(C)c1ccc(/C=N\NC(=O)C(=O)NCc2ccc(Cl)cc2)cc1. The number of halogens is 1. The van der Waals surface area contributed by atoms with E-state index < -0.39 is 11.8 Å². The summed E-state index contributed by atoms with van der Waals surface area (Å²) in [6.07, 6.45) is 1.50. The second-order valence-electron chi connectivity index (χ2n) is 6.88. The molecule has 0 saturated carbocycles. The molecule has 5 nitrogen and oxygen atoms in total. The maximum absolute atomic E-state index is 11.8. The summed E-state index contributed by atoms with van der Waals surface area (Å²) < 4.78 is 0. The van der Waals surface area contributed by atoms with Crippen LogP contribution in [0.4, 0.5) is 0 Å². The molecule has 0 bridgehead atoms. The second kappa shape index (κ2) is 8.63. The van der Waals surface area contributed by atoms with Crippen molar-refractivity contribution in [2.75, 3.05) is 0 Å². The highest BCUT2D eigenvalue weighted by Crippen LogP contribution is 2.21. The molecule has 0 aliphatic carbocycles. The molecule has 0 aliphatic rings. The fourth-order valence-corrected chi connectivity index (χ4v) is 2.28. The third-order valence-electron chi connectivity index (χ3n) is 3.73. The largest absolute Gasteiger partial charge is 0.344 e. The van der Waals surface area contributed by atoms with Crippen LogP contribution in [0.2, 0.25) is 5.02 Å². The van der Waals surface area contributed by atoms with E-state index in [0.717, 1.165) is 11.1 Å². The molecule has 136 valence electrons. The van der Waals surface area contributed by atoms with Crippen molar-refractivity contribution >= 4 is 29.6 Å². The van der Waals surface area contributed by atoms with Gasteiger partial charge in [-0.25, -0.2) is 5.43 Å². The van der Waals surface area contributed by atoms with Crippen molar-refractivity contribution < 1.29 is 9.59 Å². The normalized spacial score (nSPS) is 11.4. The molecular weight excluding hydrogens is 350 g/mol. The summed E-state index contributed by atoms with van der Waals surface area (Å²) in [5, 5.41) is 6.95. The van der Waals surface area contributed by atoms with Crippen LogP contribution in [0.15, 0.2) is 53.6 Å². The van der Waals surface area contributed by atoms with Gasteiger partial charge >= 0.3 is 11.8 Å². The lowest BCUT2D eigenvalue weighted by molar-refractivity contribution is -0.139. The number of rotatable bonds is 4. The summed E-state index contributed by atoms with van der Waals surface area (Å²) in [5.74, 6) is -1.57. The van der Waals surface area contributed by atoms with E-state index in [1.54, 1.807) is 24.3 Å². The van der Waals surface area contributed by atoms with Gasteiger partial charge in [-0.05, 0) is 34.2 Å². The molecule has 0 radical (unpaired) electrons. The Morgan fingerprint density at radius 2 is 1.62 bits per heavy atom. The number of nitrogens with zero attached hydrogens (tertiary/aromatic N) is 1. The van der Waals surface area contributed by atoms with Crippen molar-refractivity contribution in [2.45, 2.75) is 32.7 Å². The van der Waals surface area contributed by atoms with Crippen molar-refractivity contribution in [3.8, 4) is 0 Å². The Bertz CT molecular complexity index is 791. The van der Waals surface area contributed by atoms with Crippen molar-refractivity contribution in [3.05, 3.63) is 70.2 Å². The molecule has 0 fully saturated rings. The third-order valence-corrected chi connectivity index (χ3v) is 3.98. The van der Waals surface area contributed by atoms with E-state index in [4.69, 9.17) is 11.6 Å². The zero-order chi connectivity index (χ0) is 19.2. The number of carbonyl (C=O) groups is 2. The first-order valence-electron chi connectivity index (χ1n) is 8.22. The van der Waals surface area contributed by atoms with Crippen LogP contribution in [0.1, 0.15) is 37.5 Å². The summed E-state index contributed by atoms with van der Waals surface area (Å²) in [6.45, 7) is 6.65. The van der Waals surface area contributed by atoms with Gasteiger partial charge in [0.15, 0.2) is 0 Å². The number of hydrogen-bond donors (Lipinski definition) is 2. The highest BCUT2D eigenvalue weighted by Gasteiger charge is 2.13. The monoisotopic (exact) mass is 371 g/mol. The van der Waals surface area contributed by atoms with Crippen molar-refractivity contribution in [1.29, 1.82) is 0 Å². The van der Waals surface area contributed by atoms with Crippen LogP contribution in [0.3, 0.4) is 0 Å². The maximum Gasteiger partial charge on any atom is 0.329 e. The van der Waals surface area contributed by atoms with E-state index >= 15 is 0 Å². The molecule has 0 heterocycles. The summed E-state index contributed by atoms with van der Waals surface area (Å²) >= 11 is 5.80. The number of hydrogen-bond acceptors (Lipinski definition) is 3. The molecular formula is C20H22ClN3O2. The fourth-order valence-electron chi connectivity index (χ4n) is 2.15. The number of amides is 2. The van der Waals surface area contributed by atoms with Gasteiger partial charge in [0, 0.05) is 11.6 Å². The Morgan fingerprint density at radius 1 is 1.00 bits per heavy atom. The first kappa shape index (κ1) is 19.7. The van der Waals surface area contributed by atoms with Gasteiger partial charge in [-0.1, -0.05) is 68.8 Å². The smallest absolute Gasteiger partial charge is 0.329 e. The molecule has 26 heavy (non-hydrogen) atoms. The van der Waals surface area contributed by atoms with Crippen LogP contribution in [-0.2, 0) is 21.5 Å². The van der Waals surface area contributed by atoms with Gasteiger partial charge in [-0.15, -0.1) is 0 Å². The molecule has 6 heteroatoms. The van der Waals surface area contributed by atoms with E-state index in [9.17, 15) is 9.59 Å². The predicted octanol–water partition coefficient (Wildman–Crippen LogP) is 3.40. The minimum absolute atomic E-state index is 0.0755. The average molecular weight is 372 g/mol. The number of carbonyl (C=O) groups excluding carboxylic acids is 2. The van der Waals surface area contributed by atoms with Gasteiger partial charge in [0.05, 0.1) is 6.21 Å². The Hall–Kier alpha value is -2.66. The zero-order valence-corrected chi connectivity index (χ0v) is 15.8. The number of benzene rings is 2. The lowest BCUT2D eigenvalue weighted by Crippen LogP contribution is -2.37. The van der Waals surface area contributed by atoms with Gasteiger partial charge in [-0.2, -0.15) is 5.10 Å². The van der Waals surface area contributed by atoms with Crippen LogP contribution in [0.25, 0.3) is 0 Å². The van der Waals surface area contributed by atoms with Gasteiger partial charge in [0.25, 0.3) is 0 Å². The maximum atomic E-state index is 11.8. The number of nitrogens with one attached hydrogen (secondary N) is 2. The summed E-state index contributed by atoms with van der Waals surface area (Å²) in [7, 11) is 0. The van der Waals surface area contributed by atoms with Crippen molar-refractivity contribution in [3.63, 3.8) is 0 Å². The minimum Gasteiger partial charge on any atom is -0.344 e. The van der Waals surface area contributed by atoms with Gasteiger partial charge in [0.1, 0.15) is 0 Å². The van der Waals surface area contributed by atoms with E-state index in [0.29, 0.717) is 5.02 Å². The molecule has 0 aliphatic heterocycles. The zero-order valence-electron chi connectivity index (χ0n) is 15.0. The van der Waals surface area contributed by atoms with Crippen LogP contribution in [-0.4, -0.2) is 18.0 Å². The predicted molar refractivity (Wildman–Crippen MR) is 104 cm³/mol. The van der Waals surface area contributed by atoms with E-state index in [2.05, 4.69) is 36.6 Å². The molecule has 0 saturated heterocycles. The van der Waals surface area contributed by atoms with Crippen LogP contribution in [0, 0.1) is 0 Å². The molecule has 0 spiro atoms. The van der Waals surface area contributed by atoms with Gasteiger partial charge in [0.2, 0.25) is 0 Å². The van der Waals surface area contributed by atoms with Crippen molar-refractivity contribution in [2.24, 2.45) is 5.10 Å². The molecule has 2 aromatic rings. The highest BCUT2D eigenvalue weighted by molar-refractivity contribution is 6.35. The van der Waals surface area contributed by atoms with Gasteiger partial charge in [-0.3, -0.25) is 9.59 Å². The Kier molecular flexibility index (Phi) is 6.52. The molecule has 2 amide bonds. The first-order valence-corrected chi connectivity index (χ1v) is 8.60. The fraction of sp³-hybridized carbons (Fsp3) is 0.250. The summed E-state index contributed by atoms with van der Waals surface area (Å²) in [6, 6.07) is 14.9. The van der Waals surface area contributed by atoms with E-state index in [-0.39, 0.29) is 12.0 Å². The third kappa shape index (κ3) is 6.01. The van der Waals surface area contributed by atoms with Crippen LogP contribution in [0.5, 0.6) is 0 Å². The second-order valence-corrected chi connectivity index (χ2v) is 7.32. The molecule has 2 aromatic carbocycles. The molecule has 2 rings (SSSR count). The topological polar surface area (TPSA) is 70.6 Å². The molecule has 0 unspecified atom stereocenters. The molecule has 0 aromatic heterocycles. The summed E-state index contributed by atoms with van der Waals surface area (Å²) in [4.78, 5) is 23.5. The Morgan fingerprint density at radius 3 is 2.19 bits per heavy atom. The molecule has 2 N–H and O–H groups in total. The molecule has 0 atom stereocenters. The Balaban J connectivity index is 1.82. The quantitative estimate of drug-likeness (QED) is 0.491. The van der Waals surface area contributed by atoms with E-state index in [1.807, 2.05) is 24.3 Å². The van der Waals surface area contributed by atoms with E-state index in [1.165, 1.54) is 11.8 Å². The van der Waals surface area contributed by atoms with Crippen LogP contribution >= 0.6 is 11.6 Å². The van der Waals surface area contributed by atoms with Crippen molar-refractivity contribution in [1.82, 2.24) is 10.7 Å². The minimum atomic E-state index is -0.818.